The van der Waals surface area contributed by atoms with Gasteiger partial charge in [0.1, 0.15) is 23.2 Å². The van der Waals surface area contributed by atoms with Crippen LogP contribution in [0.4, 0.5) is 0 Å². The molecule has 1 aromatic rings. The Labute approximate surface area is 172 Å². The Kier molecular flexibility index (Phi) is 3.03. The van der Waals surface area contributed by atoms with Crippen LogP contribution >= 0.6 is 0 Å². The van der Waals surface area contributed by atoms with Crippen LogP contribution in [0.1, 0.15) is 55.7 Å². The molecular weight excluding hydrogens is 362 g/mol. The van der Waals surface area contributed by atoms with E-state index in [1.807, 2.05) is 7.11 Å². The lowest BCUT2D eigenvalue weighted by molar-refractivity contribution is -0.158. The zero-order valence-corrected chi connectivity index (χ0v) is 17.8. The predicted octanol–water partition coefficient (Wildman–Crippen LogP) is 3.42. The molecule has 4 bridgehead atoms. The molecule has 2 heterocycles. The summed E-state index contributed by atoms with van der Waals surface area (Å²) in [5, 5.41) is 0. The summed E-state index contributed by atoms with van der Waals surface area (Å²) in [6, 6.07) is 5.13. The van der Waals surface area contributed by atoms with Crippen LogP contribution in [0, 0.1) is 24.2 Å². The molecule has 2 spiro atoms. The van der Waals surface area contributed by atoms with Gasteiger partial charge in [-0.25, -0.2) is 0 Å². The molecule has 6 atom stereocenters. The van der Waals surface area contributed by atoms with Crippen LogP contribution < -0.4 is 4.74 Å². The second-order valence-corrected chi connectivity index (χ2v) is 11.0. The molecule has 0 amide bonds. The minimum Gasteiger partial charge on any atom is -0.486 e. The number of Topliss-reactive ketones (excluding diaryl/α,β-unsaturated/α-hetero) is 1. The number of rotatable bonds is 4. The maximum absolute atomic E-state index is 12.8. The minimum absolute atomic E-state index is 0.0108. The first-order valence-corrected chi connectivity index (χ1v) is 11.6. The highest BCUT2D eigenvalue weighted by atomic mass is 16.6. The van der Waals surface area contributed by atoms with Gasteiger partial charge in [-0.3, -0.25) is 9.69 Å². The number of nitrogens with zero attached hydrogens (tertiary/aromatic N) is 1. The first-order valence-electron chi connectivity index (χ1n) is 11.6. The van der Waals surface area contributed by atoms with Crippen LogP contribution in [0.25, 0.3) is 0 Å². The number of piperidine rings is 1. The number of ether oxygens (including phenoxy) is 2. The molecule has 4 fully saturated rings. The van der Waals surface area contributed by atoms with Gasteiger partial charge in [0.05, 0.1) is 5.92 Å². The maximum atomic E-state index is 12.8. The first kappa shape index (κ1) is 17.3. The number of hydrogen-bond donors (Lipinski definition) is 0. The van der Waals surface area contributed by atoms with E-state index in [2.05, 4.69) is 24.0 Å². The number of aryl methyl sites for hydroxylation is 1. The van der Waals surface area contributed by atoms with Gasteiger partial charge in [-0.1, -0.05) is 12.1 Å². The number of carbonyl (C=O) groups is 1. The normalized spacial score (nSPS) is 46.0. The van der Waals surface area contributed by atoms with E-state index in [1.165, 1.54) is 42.6 Å². The number of benzene rings is 1. The van der Waals surface area contributed by atoms with Crippen molar-refractivity contribution in [2.24, 2.45) is 17.3 Å². The predicted molar refractivity (Wildman–Crippen MR) is 109 cm³/mol. The monoisotopic (exact) mass is 393 g/mol. The lowest BCUT2D eigenvalue weighted by atomic mass is 9.47. The molecule has 1 saturated heterocycles. The van der Waals surface area contributed by atoms with Crippen LogP contribution in [0.3, 0.4) is 0 Å². The van der Waals surface area contributed by atoms with E-state index in [4.69, 9.17) is 9.47 Å². The lowest BCUT2D eigenvalue weighted by Crippen LogP contribution is -2.69. The van der Waals surface area contributed by atoms with Crippen LogP contribution in [-0.4, -0.2) is 48.6 Å². The highest BCUT2D eigenvalue weighted by molar-refractivity contribution is 5.82. The van der Waals surface area contributed by atoms with Gasteiger partial charge in [-0.05, 0) is 76.0 Å². The van der Waals surface area contributed by atoms with Crippen molar-refractivity contribution in [3.05, 3.63) is 28.8 Å². The van der Waals surface area contributed by atoms with Crippen LogP contribution in [-0.2, 0) is 21.4 Å². The third-order valence-electron chi connectivity index (χ3n) is 10.00. The molecule has 6 aliphatic rings. The van der Waals surface area contributed by atoms with Crippen molar-refractivity contribution in [3.8, 4) is 5.75 Å². The largest absolute Gasteiger partial charge is 0.486 e. The average Bonchev–Trinajstić information content (AvgIpc) is 3.25. The van der Waals surface area contributed by atoms with E-state index >= 15 is 0 Å². The summed E-state index contributed by atoms with van der Waals surface area (Å²) >= 11 is 0. The molecule has 4 heteroatoms. The summed E-state index contributed by atoms with van der Waals surface area (Å²) < 4.78 is 13.2. The average molecular weight is 394 g/mol. The topological polar surface area (TPSA) is 38.8 Å². The second-order valence-electron chi connectivity index (χ2n) is 11.0. The van der Waals surface area contributed by atoms with Gasteiger partial charge in [0.2, 0.25) is 0 Å². The molecule has 1 aromatic carbocycles. The van der Waals surface area contributed by atoms with Gasteiger partial charge in [0.25, 0.3) is 0 Å². The van der Waals surface area contributed by atoms with E-state index in [9.17, 15) is 4.79 Å². The van der Waals surface area contributed by atoms with E-state index in [1.54, 1.807) is 6.92 Å². The zero-order valence-electron chi connectivity index (χ0n) is 17.8. The SMILES string of the molecule is CO[C@]12CC3(C[C@@H]1C(C)=O)[C@H]1Cc4ccc(C)c5c4[C@@]3(CCN1CC1CC1)C2O5. The maximum Gasteiger partial charge on any atom is 0.139 e. The third-order valence-corrected chi connectivity index (χ3v) is 10.00. The lowest BCUT2D eigenvalue weighted by Gasteiger charge is -2.62. The fourth-order valence-electron chi connectivity index (χ4n) is 8.83. The number of ketones is 1. The quantitative estimate of drug-likeness (QED) is 0.786. The summed E-state index contributed by atoms with van der Waals surface area (Å²) in [6.45, 7) is 6.36. The van der Waals surface area contributed by atoms with Gasteiger partial charge in [0, 0.05) is 36.1 Å². The second kappa shape index (κ2) is 5.08. The molecule has 29 heavy (non-hydrogen) atoms. The standard InChI is InChI=1S/C25H31NO3/c1-14-4-7-17-10-19-23-11-18(15(2)27)25(13-23,28-3)22-24(23,20(17)21(14)29-22)8-9-26(19)12-16-5-6-16/h4,7,16,18-19,22H,5-6,8-13H2,1-3H3/t18-,19-,22?,23?,24+,25-/m1/s1. The van der Waals surface area contributed by atoms with Crippen molar-refractivity contribution >= 4 is 5.78 Å². The summed E-state index contributed by atoms with van der Waals surface area (Å²) in [5.41, 5.74) is 3.93. The van der Waals surface area contributed by atoms with E-state index < -0.39 is 5.60 Å². The number of carbonyl (C=O) groups excluding carboxylic acids is 1. The van der Waals surface area contributed by atoms with Crippen molar-refractivity contribution < 1.29 is 14.3 Å². The molecule has 7 rings (SSSR count). The van der Waals surface area contributed by atoms with Crippen molar-refractivity contribution in [3.63, 3.8) is 0 Å². The molecule has 0 radical (unpaired) electrons. The van der Waals surface area contributed by atoms with E-state index in [0.29, 0.717) is 6.04 Å². The molecule has 4 nitrogen and oxygen atoms in total. The molecule has 0 aromatic heterocycles. The van der Waals surface area contributed by atoms with Crippen molar-refractivity contribution in [1.82, 2.24) is 4.90 Å². The molecule has 4 aliphatic carbocycles. The Morgan fingerprint density at radius 2 is 2.17 bits per heavy atom. The van der Waals surface area contributed by atoms with E-state index in [0.717, 1.165) is 37.4 Å². The summed E-state index contributed by atoms with van der Waals surface area (Å²) in [4.78, 5) is 15.7. The molecule has 154 valence electrons. The van der Waals surface area contributed by atoms with Crippen molar-refractivity contribution in [2.45, 2.75) is 75.5 Å². The molecule has 0 N–H and O–H groups in total. The van der Waals surface area contributed by atoms with Crippen LogP contribution in [0.5, 0.6) is 5.75 Å². The zero-order chi connectivity index (χ0) is 19.8. The van der Waals surface area contributed by atoms with Crippen LogP contribution in [0.2, 0.25) is 0 Å². The van der Waals surface area contributed by atoms with Crippen LogP contribution in [0.15, 0.2) is 12.1 Å². The highest BCUT2D eigenvalue weighted by Gasteiger charge is 2.85. The molecular formula is C25H31NO3. The van der Waals surface area contributed by atoms with Gasteiger partial charge in [0.15, 0.2) is 0 Å². The van der Waals surface area contributed by atoms with Gasteiger partial charge in [-0.15, -0.1) is 0 Å². The number of methoxy groups -OCH3 is 1. The molecule has 2 aliphatic heterocycles. The number of hydrogen-bond acceptors (Lipinski definition) is 4. The van der Waals surface area contributed by atoms with Gasteiger partial charge >= 0.3 is 0 Å². The summed E-state index contributed by atoms with van der Waals surface area (Å²) in [7, 11) is 1.83. The summed E-state index contributed by atoms with van der Waals surface area (Å²) in [6.07, 6.45) is 7.01. The van der Waals surface area contributed by atoms with Gasteiger partial charge in [-0.2, -0.15) is 0 Å². The number of fused-ring (bicyclic) bond motifs is 2. The van der Waals surface area contributed by atoms with Gasteiger partial charge < -0.3 is 9.47 Å². The Morgan fingerprint density at radius 3 is 2.90 bits per heavy atom. The molecule has 3 saturated carbocycles. The van der Waals surface area contributed by atoms with Crippen molar-refractivity contribution in [1.29, 1.82) is 0 Å². The highest BCUT2D eigenvalue weighted by Crippen LogP contribution is 2.79. The summed E-state index contributed by atoms with van der Waals surface area (Å²) in [5.74, 6) is 2.26. The Balaban J connectivity index is 1.49. The fourth-order valence-corrected chi connectivity index (χ4v) is 8.83. The fraction of sp³-hybridized carbons (Fsp3) is 0.720. The third kappa shape index (κ3) is 1.69. The smallest absolute Gasteiger partial charge is 0.139 e. The minimum atomic E-state index is -0.466. The Hall–Kier alpha value is -1.39. The first-order chi connectivity index (χ1) is 14.0. The number of likely N-dealkylation sites (tertiary alicyclic amines) is 1. The van der Waals surface area contributed by atoms with Crippen molar-refractivity contribution in [2.75, 3.05) is 20.2 Å². The Bertz CT molecular complexity index is 954. The Morgan fingerprint density at radius 1 is 1.34 bits per heavy atom. The van der Waals surface area contributed by atoms with E-state index in [-0.39, 0.29) is 28.6 Å². The molecule has 2 unspecified atom stereocenters.